The molecule has 0 fully saturated rings. The number of carbonyl (C=O) groups is 1. The van der Waals surface area contributed by atoms with Crippen molar-refractivity contribution in [2.45, 2.75) is 6.10 Å². The van der Waals surface area contributed by atoms with E-state index in [0.29, 0.717) is 27.4 Å². The van der Waals surface area contributed by atoms with E-state index in [4.69, 9.17) is 21.1 Å². The van der Waals surface area contributed by atoms with Crippen LogP contribution in [-0.2, 0) is 4.79 Å². The molecular weight excluding hydrogens is 346 g/mol. The summed E-state index contributed by atoms with van der Waals surface area (Å²) in [6.07, 6.45) is -0.894. The van der Waals surface area contributed by atoms with Gasteiger partial charge in [0, 0.05) is 10.4 Å². The van der Waals surface area contributed by atoms with Gasteiger partial charge in [0.15, 0.2) is 17.2 Å². The first-order chi connectivity index (χ1) is 12.1. The van der Waals surface area contributed by atoms with E-state index in [2.05, 4.69) is 15.2 Å². The van der Waals surface area contributed by atoms with Gasteiger partial charge in [-0.1, -0.05) is 23.7 Å². The summed E-state index contributed by atoms with van der Waals surface area (Å²) in [5.41, 5.74) is 0.775. The normalized spacial score (nSPS) is 16.4. The highest BCUT2D eigenvalue weighted by Gasteiger charge is 2.27. The average molecular weight is 358 g/mol. The Hall–Kier alpha value is -3.06. The predicted octanol–water partition coefficient (Wildman–Crippen LogP) is 3.98. The van der Waals surface area contributed by atoms with E-state index >= 15 is 0 Å². The smallest absolute Gasteiger partial charge is 0.308 e. The summed E-state index contributed by atoms with van der Waals surface area (Å²) < 4.78 is 11.1. The molecule has 7 nitrogen and oxygen atoms in total. The lowest BCUT2D eigenvalue weighted by molar-refractivity contribution is -0.127. The van der Waals surface area contributed by atoms with Gasteiger partial charge in [-0.2, -0.15) is 0 Å². The van der Waals surface area contributed by atoms with E-state index in [1.807, 2.05) is 6.07 Å². The van der Waals surface area contributed by atoms with Crippen molar-refractivity contribution in [3.63, 3.8) is 0 Å². The molecule has 0 radical (unpaired) electrons. The fourth-order valence-corrected chi connectivity index (χ4v) is 2.71. The number of nitrogens with one attached hydrogen (secondary N) is 1. The third kappa shape index (κ3) is 2.89. The number of para-hydroxylation sites is 2. The highest BCUT2D eigenvalue weighted by atomic mass is 35.5. The molecule has 0 saturated carbocycles. The van der Waals surface area contributed by atoms with Crippen LogP contribution in [0.25, 0.3) is 10.9 Å². The van der Waals surface area contributed by atoms with E-state index in [-0.39, 0.29) is 18.2 Å². The molecule has 126 valence electrons. The molecule has 1 aliphatic heterocycles. The zero-order valence-electron chi connectivity index (χ0n) is 12.8. The summed E-state index contributed by atoms with van der Waals surface area (Å²) in [7, 11) is 0. The molecule has 8 heteroatoms. The SMILES string of the molecule is O=C(N=Nc1c(O)[nH]c2ccc(Cl)cc12)C1COc2ccccc2O1. The summed E-state index contributed by atoms with van der Waals surface area (Å²) in [5, 5.41) is 18.5. The van der Waals surface area contributed by atoms with Crippen LogP contribution >= 0.6 is 11.6 Å². The Morgan fingerprint density at radius 3 is 2.88 bits per heavy atom. The molecule has 0 saturated heterocycles. The van der Waals surface area contributed by atoms with Gasteiger partial charge in [-0.05, 0) is 30.3 Å². The number of aromatic hydroxyl groups is 1. The van der Waals surface area contributed by atoms with Crippen molar-refractivity contribution in [2.24, 2.45) is 10.2 Å². The van der Waals surface area contributed by atoms with Crippen molar-refractivity contribution < 1.29 is 19.4 Å². The molecule has 0 bridgehead atoms. The molecule has 1 atom stereocenters. The number of amides is 1. The lowest BCUT2D eigenvalue weighted by Crippen LogP contribution is -2.35. The zero-order chi connectivity index (χ0) is 17.4. The highest BCUT2D eigenvalue weighted by molar-refractivity contribution is 6.31. The van der Waals surface area contributed by atoms with Crippen molar-refractivity contribution in [3.8, 4) is 17.4 Å². The van der Waals surface area contributed by atoms with Crippen LogP contribution in [0.1, 0.15) is 0 Å². The maximum Gasteiger partial charge on any atom is 0.308 e. The van der Waals surface area contributed by atoms with Gasteiger partial charge in [-0.3, -0.25) is 4.79 Å². The van der Waals surface area contributed by atoms with Gasteiger partial charge in [0.2, 0.25) is 12.0 Å². The van der Waals surface area contributed by atoms with E-state index in [1.54, 1.807) is 36.4 Å². The van der Waals surface area contributed by atoms with Gasteiger partial charge in [0.05, 0.1) is 5.52 Å². The van der Waals surface area contributed by atoms with Gasteiger partial charge in [-0.25, -0.2) is 0 Å². The Balaban J connectivity index is 1.57. The second-order valence-electron chi connectivity index (χ2n) is 5.41. The monoisotopic (exact) mass is 357 g/mol. The summed E-state index contributed by atoms with van der Waals surface area (Å²) >= 11 is 5.96. The molecular formula is C17H12ClN3O4. The highest BCUT2D eigenvalue weighted by Crippen LogP contribution is 2.37. The Morgan fingerprint density at radius 1 is 1.24 bits per heavy atom. The van der Waals surface area contributed by atoms with Gasteiger partial charge < -0.3 is 19.6 Å². The molecule has 2 heterocycles. The fraction of sp³-hybridized carbons (Fsp3) is 0.118. The van der Waals surface area contributed by atoms with Crippen LogP contribution in [0.3, 0.4) is 0 Å². The summed E-state index contributed by atoms with van der Waals surface area (Å²) in [4.78, 5) is 15.0. The molecule has 1 amide bonds. The maximum absolute atomic E-state index is 12.2. The Bertz CT molecular complexity index is 999. The van der Waals surface area contributed by atoms with Crippen LogP contribution < -0.4 is 9.47 Å². The summed E-state index contributed by atoms with van der Waals surface area (Å²) in [5.74, 6) is 0.252. The number of H-pyrrole nitrogens is 1. The van der Waals surface area contributed by atoms with Crippen LogP contribution in [0.15, 0.2) is 52.7 Å². The minimum atomic E-state index is -0.894. The molecule has 25 heavy (non-hydrogen) atoms. The number of aromatic amines is 1. The van der Waals surface area contributed by atoms with Gasteiger partial charge >= 0.3 is 5.91 Å². The van der Waals surface area contributed by atoms with Crippen molar-refractivity contribution >= 4 is 34.1 Å². The Labute approximate surface area is 146 Å². The number of fused-ring (bicyclic) bond motifs is 2. The number of nitrogens with zero attached hydrogens (tertiary/aromatic N) is 2. The molecule has 2 aromatic carbocycles. The first-order valence-electron chi connectivity index (χ1n) is 7.46. The lowest BCUT2D eigenvalue weighted by Gasteiger charge is -2.23. The van der Waals surface area contributed by atoms with Crippen LogP contribution in [-0.4, -0.2) is 28.7 Å². The topological polar surface area (TPSA) is 96.3 Å². The van der Waals surface area contributed by atoms with Crippen molar-refractivity contribution in [3.05, 3.63) is 47.5 Å². The number of hydrogen-bond donors (Lipinski definition) is 2. The number of benzene rings is 2. The van der Waals surface area contributed by atoms with E-state index in [0.717, 1.165) is 0 Å². The number of rotatable bonds is 2. The predicted molar refractivity (Wildman–Crippen MR) is 90.8 cm³/mol. The molecule has 0 aliphatic carbocycles. The van der Waals surface area contributed by atoms with Crippen molar-refractivity contribution in [1.82, 2.24) is 4.98 Å². The lowest BCUT2D eigenvalue weighted by atomic mass is 10.2. The first kappa shape index (κ1) is 15.5. The minimum Gasteiger partial charge on any atom is -0.493 e. The second-order valence-corrected chi connectivity index (χ2v) is 5.85. The van der Waals surface area contributed by atoms with Gasteiger partial charge in [0.1, 0.15) is 6.61 Å². The van der Waals surface area contributed by atoms with E-state index in [1.165, 1.54) is 0 Å². The summed E-state index contributed by atoms with van der Waals surface area (Å²) in [6, 6.07) is 12.1. The van der Waals surface area contributed by atoms with Crippen molar-refractivity contribution in [2.75, 3.05) is 6.61 Å². The van der Waals surface area contributed by atoms with E-state index < -0.39 is 12.0 Å². The molecule has 3 aromatic rings. The average Bonchev–Trinajstić information content (AvgIpc) is 2.93. The number of azo groups is 1. The number of carbonyl (C=O) groups excluding carboxylic acids is 1. The van der Waals surface area contributed by atoms with Crippen LogP contribution in [0.4, 0.5) is 5.69 Å². The maximum atomic E-state index is 12.2. The molecule has 1 unspecified atom stereocenters. The van der Waals surface area contributed by atoms with E-state index in [9.17, 15) is 9.90 Å². The quantitative estimate of drug-likeness (QED) is 0.678. The Morgan fingerprint density at radius 2 is 2.04 bits per heavy atom. The number of aromatic nitrogens is 1. The number of halogens is 1. The van der Waals surface area contributed by atoms with Crippen LogP contribution in [0.5, 0.6) is 17.4 Å². The largest absolute Gasteiger partial charge is 0.493 e. The van der Waals surface area contributed by atoms with Crippen LogP contribution in [0.2, 0.25) is 5.02 Å². The second kappa shape index (κ2) is 6.10. The van der Waals surface area contributed by atoms with Gasteiger partial charge in [-0.15, -0.1) is 10.2 Å². The summed E-state index contributed by atoms with van der Waals surface area (Å²) in [6.45, 7) is 0.0422. The van der Waals surface area contributed by atoms with Gasteiger partial charge in [0.25, 0.3) is 0 Å². The molecule has 4 rings (SSSR count). The standard InChI is InChI=1S/C17H12ClN3O4/c18-9-5-6-11-10(7-9)15(17(23)19-11)20-21-16(22)14-8-24-12-3-1-2-4-13(12)25-14/h1-7,14,19,23H,8H2. The third-order valence-corrected chi connectivity index (χ3v) is 3.98. The molecule has 0 spiro atoms. The number of ether oxygens (including phenoxy) is 2. The Kier molecular flexibility index (Phi) is 3.77. The van der Waals surface area contributed by atoms with Crippen LogP contribution in [0, 0.1) is 0 Å². The molecule has 2 N–H and O–H groups in total. The minimum absolute atomic E-state index is 0.0422. The first-order valence-corrected chi connectivity index (χ1v) is 7.84. The third-order valence-electron chi connectivity index (χ3n) is 3.75. The van der Waals surface area contributed by atoms with Crippen molar-refractivity contribution in [1.29, 1.82) is 0 Å². The molecule has 1 aliphatic rings. The molecule has 1 aromatic heterocycles. The number of hydrogen-bond acceptors (Lipinski definition) is 5. The zero-order valence-corrected chi connectivity index (χ0v) is 13.5. The fourth-order valence-electron chi connectivity index (χ4n) is 2.54.